The molecule has 8 nitrogen and oxygen atoms in total. The van der Waals surface area contributed by atoms with Crippen LogP contribution in [-0.4, -0.2) is 41.0 Å². The Morgan fingerprint density at radius 2 is 2.03 bits per heavy atom. The molecular weight excluding hydrogens is 398 g/mol. The predicted octanol–water partition coefficient (Wildman–Crippen LogP) is 2.98. The van der Waals surface area contributed by atoms with Crippen LogP contribution in [0.1, 0.15) is 42.9 Å². The number of rotatable bonds is 6. The third-order valence-corrected chi connectivity index (χ3v) is 5.35. The van der Waals surface area contributed by atoms with Crippen LogP contribution in [0, 0.1) is 11.6 Å². The van der Waals surface area contributed by atoms with Crippen molar-refractivity contribution in [1.29, 1.82) is 0 Å². The van der Waals surface area contributed by atoms with Gasteiger partial charge in [-0.05, 0) is 37.8 Å². The lowest BCUT2D eigenvalue weighted by molar-refractivity contribution is -0.124. The Morgan fingerprint density at radius 1 is 1.27 bits per heavy atom. The molecule has 0 spiro atoms. The van der Waals surface area contributed by atoms with E-state index in [1.54, 1.807) is 6.07 Å². The zero-order chi connectivity index (χ0) is 21.1. The van der Waals surface area contributed by atoms with Gasteiger partial charge < -0.3 is 20.1 Å². The van der Waals surface area contributed by atoms with E-state index in [-0.39, 0.29) is 30.0 Å². The molecule has 1 saturated heterocycles. The van der Waals surface area contributed by atoms with Gasteiger partial charge in [0.05, 0.1) is 6.54 Å². The van der Waals surface area contributed by atoms with Gasteiger partial charge in [0.25, 0.3) is 5.91 Å². The number of carbonyl (C=O) groups excluding carboxylic acids is 2. The van der Waals surface area contributed by atoms with Gasteiger partial charge in [0, 0.05) is 29.8 Å². The lowest BCUT2D eigenvalue weighted by Gasteiger charge is -2.33. The van der Waals surface area contributed by atoms with Crippen molar-refractivity contribution in [1.82, 2.24) is 15.5 Å². The average molecular weight is 420 g/mol. The van der Waals surface area contributed by atoms with Crippen molar-refractivity contribution in [2.45, 2.75) is 50.4 Å². The van der Waals surface area contributed by atoms with Crippen LogP contribution in [-0.2, 0) is 20.8 Å². The Kier molecular flexibility index (Phi) is 5.93. The van der Waals surface area contributed by atoms with E-state index in [0.29, 0.717) is 31.7 Å². The van der Waals surface area contributed by atoms with Gasteiger partial charge in [0.1, 0.15) is 23.8 Å². The lowest BCUT2D eigenvalue weighted by Crippen LogP contribution is -2.36. The highest BCUT2D eigenvalue weighted by atomic mass is 19.1. The Morgan fingerprint density at radius 3 is 2.73 bits per heavy atom. The zero-order valence-electron chi connectivity index (χ0n) is 16.1. The summed E-state index contributed by atoms with van der Waals surface area (Å²) in [5.74, 6) is -1.10. The molecule has 1 aliphatic heterocycles. The fourth-order valence-electron chi connectivity index (χ4n) is 3.57. The van der Waals surface area contributed by atoms with Crippen molar-refractivity contribution in [2.75, 3.05) is 11.9 Å². The van der Waals surface area contributed by atoms with Gasteiger partial charge >= 0.3 is 6.09 Å². The monoisotopic (exact) mass is 420 g/mol. The van der Waals surface area contributed by atoms with E-state index >= 15 is 0 Å². The molecule has 2 fully saturated rings. The number of ether oxygens (including phenoxy) is 2. The van der Waals surface area contributed by atoms with Crippen molar-refractivity contribution < 1.29 is 27.8 Å². The van der Waals surface area contributed by atoms with E-state index in [9.17, 15) is 18.4 Å². The fourth-order valence-corrected chi connectivity index (χ4v) is 3.57. The van der Waals surface area contributed by atoms with Crippen molar-refractivity contribution >= 4 is 17.8 Å². The Hall–Kier alpha value is -3.01. The largest absolute Gasteiger partial charge is 0.446 e. The molecule has 30 heavy (non-hydrogen) atoms. The maximum absolute atomic E-state index is 13.6. The summed E-state index contributed by atoms with van der Waals surface area (Å²) in [5, 5.41) is 12.1. The summed E-state index contributed by atoms with van der Waals surface area (Å²) in [7, 11) is 0. The summed E-state index contributed by atoms with van der Waals surface area (Å²) in [4.78, 5) is 23.9. The van der Waals surface area contributed by atoms with Crippen molar-refractivity contribution in [3.63, 3.8) is 0 Å². The number of amides is 2. The van der Waals surface area contributed by atoms with Crippen LogP contribution in [0.4, 0.5) is 19.4 Å². The second kappa shape index (κ2) is 8.78. The van der Waals surface area contributed by atoms with Crippen LogP contribution < -0.4 is 10.6 Å². The third-order valence-electron chi connectivity index (χ3n) is 5.35. The summed E-state index contributed by atoms with van der Waals surface area (Å²) < 4.78 is 37.8. The minimum absolute atomic E-state index is 0.118. The number of H-pyrrole nitrogens is 1. The number of benzene rings is 1. The summed E-state index contributed by atoms with van der Waals surface area (Å²) in [5.41, 5.74) is 0.627. The van der Waals surface area contributed by atoms with Crippen LogP contribution in [0.2, 0.25) is 0 Å². The topological polar surface area (TPSA) is 105 Å². The molecule has 1 aliphatic carbocycles. The Labute approximate surface area is 171 Å². The van der Waals surface area contributed by atoms with Crippen LogP contribution >= 0.6 is 0 Å². The van der Waals surface area contributed by atoms with Gasteiger partial charge in [-0.25, -0.2) is 13.6 Å². The zero-order valence-corrected chi connectivity index (χ0v) is 16.1. The maximum Gasteiger partial charge on any atom is 0.407 e. The summed E-state index contributed by atoms with van der Waals surface area (Å²) in [6.07, 6.45) is 1.30. The highest BCUT2D eigenvalue weighted by Crippen LogP contribution is 2.38. The smallest absolute Gasteiger partial charge is 0.407 e. The first-order valence-electron chi connectivity index (χ1n) is 9.84. The first-order valence-corrected chi connectivity index (χ1v) is 9.84. The van der Waals surface area contributed by atoms with E-state index in [2.05, 4.69) is 20.8 Å². The standard InChI is InChI=1S/C20H22F2N4O4/c21-14-3-1-4-15(22)13(14)10-23-20(28)30-12-7-11(8-12)16-9-18(26-25-16)24-19(27)17-5-2-6-29-17/h1,3-4,9,11-12,17H,2,5-8,10H2,(H,23,28)(H2,24,25,26,27)/t11?,12?,17-/m1/s1. The molecule has 0 unspecified atom stereocenters. The molecule has 4 rings (SSSR count). The van der Waals surface area contributed by atoms with Crippen LogP contribution in [0.15, 0.2) is 24.3 Å². The highest BCUT2D eigenvalue weighted by molar-refractivity contribution is 5.93. The van der Waals surface area contributed by atoms with E-state index in [1.165, 1.54) is 6.07 Å². The number of aromatic amines is 1. The van der Waals surface area contributed by atoms with Gasteiger partial charge in [-0.2, -0.15) is 5.10 Å². The molecule has 10 heteroatoms. The van der Waals surface area contributed by atoms with Crippen molar-refractivity contribution in [3.8, 4) is 0 Å². The number of hydrogen-bond acceptors (Lipinski definition) is 5. The number of nitrogens with one attached hydrogen (secondary N) is 3. The first kappa shape index (κ1) is 20.3. The molecule has 0 radical (unpaired) electrons. The second-order valence-electron chi connectivity index (χ2n) is 7.45. The van der Waals surface area contributed by atoms with Crippen LogP contribution in [0.5, 0.6) is 0 Å². The number of alkyl carbamates (subject to hydrolysis) is 1. The maximum atomic E-state index is 13.6. The number of nitrogens with zero attached hydrogens (tertiary/aromatic N) is 1. The quantitative estimate of drug-likeness (QED) is 0.666. The Bertz CT molecular complexity index is 903. The van der Waals surface area contributed by atoms with Crippen molar-refractivity contribution in [2.24, 2.45) is 0 Å². The third kappa shape index (κ3) is 4.59. The predicted molar refractivity (Wildman–Crippen MR) is 102 cm³/mol. The minimum Gasteiger partial charge on any atom is -0.446 e. The Balaban J connectivity index is 1.20. The molecule has 1 aromatic carbocycles. The number of hydrogen-bond donors (Lipinski definition) is 3. The molecule has 1 saturated carbocycles. The van der Waals surface area contributed by atoms with E-state index in [1.807, 2.05) is 0 Å². The molecule has 160 valence electrons. The first-order chi connectivity index (χ1) is 14.5. The van der Waals surface area contributed by atoms with E-state index in [0.717, 1.165) is 24.2 Å². The van der Waals surface area contributed by atoms with Crippen LogP contribution in [0.3, 0.4) is 0 Å². The molecule has 2 aliphatic rings. The van der Waals surface area contributed by atoms with Gasteiger partial charge in [-0.3, -0.25) is 9.89 Å². The molecule has 3 N–H and O–H groups in total. The summed E-state index contributed by atoms with van der Waals surface area (Å²) in [6, 6.07) is 5.28. The summed E-state index contributed by atoms with van der Waals surface area (Å²) in [6.45, 7) is 0.304. The SMILES string of the molecule is O=C(NCc1c(F)cccc1F)OC1CC(c2cc(NC(=O)[C@H]3CCCO3)n[nH]2)C1. The molecule has 2 aromatic rings. The minimum atomic E-state index is -0.727. The van der Waals surface area contributed by atoms with E-state index in [4.69, 9.17) is 9.47 Å². The molecule has 1 aromatic heterocycles. The summed E-state index contributed by atoms with van der Waals surface area (Å²) >= 11 is 0. The van der Waals surface area contributed by atoms with Crippen molar-refractivity contribution in [3.05, 3.63) is 47.2 Å². The fraction of sp³-hybridized carbons (Fsp3) is 0.450. The number of halogens is 2. The lowest BCUT2D eigenvalue weighted by atomic mass is 9.80. The number of anilines is 1. The van der Waals surface area contributed by atoms with Crippen LogP contribution in [0.25, 0.3) is 0 Å². The normalized spacial score (nSPS) is 22.9. The molecular formula is C20H22F2N4O4. The van der Waals surface area contributed by atoms with Gasteiger partial charge in [-0.1, -0.05) is 6.07 Å². The molecule has 0 bridgehead atoms. The van der Waals surface area contributed by atoms with Gasteiger partial charge in [0.15, 0.2) is 5.82 Å². The highest BCUT2D eigenvalue weighted by Gasteiger charge is 2.35. The second-order valence-corrected chi connectivity index (χ2v) is 7.45. The number of carbonyl (C=O) groups is 2. The molecule has 1 atom stereocenters. The van der Waals surface area contributed by atoms with Gasteiger partial charge in [-0.15, -0.1) is 0 Å². The number of aromatic nitrogens is 2. The van der Waals surface area contributed by atoms with E-state index < -0.39 is 23.8 Å². The average Bonchev–Trinajstić information content (AvgIpc) is 3.36. The molecule has 2 heterocycles. The molecule has 2 amide bonds. The van der Waals surface area contributed by atoms with Gasteiger partial charge in [0.2, 0.25) is 0 Å².